The summed E-state index contributed by atoms with van der Waals surface area (Å²) in [4.78, 5) is 7.23. The number of aromatic nitrogens is 1. The number of fused-ring (bicyclic) bond motifs is 1. The molecule has 3 aromatic rings. The van der Waals surface area contributed by atoms with Gasteiger partial charge in [-0.3, -0.25) is 4.98 Å². The van der Waals surface area contributed by atoms with E-state index in [9.17, 15) is 0 Å². The second kappa shape index (κ2) is 9.08. The van der Waals surface area contributed by atoms with Gasteiger partial charge in [-0.25, -0.2) is 0 Å². The maximum atomic E-state index is 6.11. The number of halogens is 1. The van der Waals surface area contributed by atoms with Crippen LogP contribution in [0.5, 0.6) is 5.75 Å². The first-order valence-corrected chi connectivity index (χ1v) is 11.7. The highest BCUT2D eigenvalue weighted by molar-refractivity contribution is 6.22. The molecule has 3 atom stereocenters. The largest absolute Gasteiger partial charge is 0.495 e. The highest BCUT2D eigenvalue weighted by Crippen LogP contribution is 2.38. The molecule has 1 aromatic heterocycles. The van der Waals surface area contributed by atoms with Crippen molar-refractivity contribution in [2.75, 3.05) is 25.1 Å². The highest BCUT2D eigenvalue weighted by atomic mass is 35.5. The van der Waals surface area contributed by atoms with Crippen LogP contribution in [0.3, 0.4) is 0 Å². The number of anilines is 1. The fourth-order valence-corrected chi connectivity index (χ4v) is 4.86. The normalized spacial score (nSPS) is 22.7. The van der Waals surface area contributed by atoms with E-state index in [-0.39, 0.29) is 17.7 Å². The Morgan fingerprint density at radius 1 is 1.06 bits per heavy atom. The van der Waals surface area contributed by atoms with E-state index in [1.807, 2.05) is 30.6 Å². The lowest BCUT2D eigenvalue weighted by atomic mass is 9.98. The molecule has 170 valence electrons. The maximum absolute atomic E-state index is 6.11. The molecule has 5 rings (SSSR count). The lowest BCUT2D eigenvalue weighted by Crippen LogP contribution is -2.45. The average Bonchev–Trinajstić information content (AvgIpc) is 2.83. The molecule has 2 aromatic carbocycles. The van der Waals surface area contributed by atoms with Crippen LogP contribution in [0.1, 0.15) is 19.4 Å². The van der Waals surface area contributed by atoms with Crippen LogP contribution in [0.15, 0.2) is 67.0 Å². The molecule has 0 saturated carbocycles. The molecule has 0 spiro atoms. The van der Waals surface area contributed by atoms with Crippen LogP contribution in [-0.2, 0) is 4.74 Å². The van der Waals surface area contributed by atoms with Gasteiger partial charge in [0.05, 0.1) is 24.8 Å². The van der Waals surface area contributed by atoms with Crippen molar-refractivity contribution in [3.05, 3.63) is 72.6 Å². The predicted octanol–water partition coefficient (Wildman–Crippen LogP) is 5.59. The molecular formula is C27H28ClN3O2. The summed E-state index contributed by atoms with van der Waals surface area (Å²) < 4.78 is 11.8. The molecule has 1 fully saturated rings. The molecule has 33 heavy (non-hydrogen) atoms. The Morgan fingerprint density at radius 3 is 2.48 bits per heavy atom. The minimum absolute atomic E-state index is 0.190. The number of alkyl halides is 1. The monoisotopic (exact) mass is 461 g/mol. The van der Waals surface area contributed by atoms with Gasteiger partial charge in [-0.15, -0.1) is 0 Å². The van der Waals surface area contributed by atoms with Gasteiger partial charge in [0.15, 0.2) is 0 Å². The first-order chi connectivity index (χ1) is 16.0. The topological polar surface area (TPSA) is 46.6 Å². The first-order valence-electron chi connectivity index (χ1n) is 11.3. The number of dihydropyridines is 1. The zero-order chi connectivity index (χ0) is 22.9. The smallest absolute Gasteiger partial charge is 0.137 e. The minimum atomic E-state index is -0.190. The summed E-state index contributed by atoms with van der Waals surface area (Å²) in [5.74, 6) is 0.826. The second-order valence-corrected chi connectivity index (χ2v) is 9.11. The lowest BCUT2D eigenvalue weighted by Gasteiger charge is -2.36. The van der Waals surface area contributed by atoms with Gasteiger partial charge in [0, 0.05) is 47.7 Å². The molecule has 1 N–H and O–H groups in total. The van der Waals surface area contributed by atoms with Crippen molar-refractivity contribution in [2.24, 2.45) is 0 Å². The minimum Gasteiger partial charge on any atom is -0.495 e. The Balaban J connectivity index is 1.51. The summed E-state index contributed by atoms with van der Waals surface area (Å²) in [7, 11) is 1.72. The fourth-order valence-electron chi connectivity index (χ4n) is 4.73. The molecule has 6 heteroatoms. The number of allylic oxidation sites excluding steroid dienone is 2. The number of rotatable bonds is 4. The van der Waals surface area contributed by atoms with Gasteiger partial charge in [0.25, 0.3) is 0 Å². The Labute approximate surface area is 199 Å². The van der Waals surface area contributed by atoms with Crippen LogP contribution in [-0.4, -0.2) is 42.9 Å². The van der Waals surface area contributed by atoms with Crippen molar-refractivity contribution in [2.45, 2.75) is 31.6 Å². The Hall–Kier alpha value is -3.02. The fraction of sp³-hybridized carbons (Fsp3) is 0.296. The number of para-hydroxylation sites is 1. The van der Waals surface area contributed by atoms with E-state index < -0.39 is 0 Å². The number of hydrogen-bond acceptors (Lipinski definition) is 5. The molecule has 3 unspecified atom stereocenters. The molecule has 2 aliphatic rings. The van der Waals surface area contributed by atoms with Crippen LogP contribution in [0, 0.1) is 0 Å². The van der Waals surface area contributed by atoms with Gasteiger partial charge in [-0.2, -0.15) is 0 Å². The summed E-state index contributed by atoms with van der Waals surface area (Å²) in [5.41, 5.74) is 6.05. The number of methoxy groups -OCH3 is 1. The number of ether oxygens (including phenoxy) is 2. The number of pyridine rings is 1. The van der Waals surface area contributed by atoms with E-state index in [1.165, 1.54) is 5.69 Å². The van der Waals surface area contributed by atoms with E-state index in [0.717, 1.165) is 52.0 Å². The van der Waals surface area contributed by atoms with Crippen molar-refractivity contribution in [1.82, 2.24) is 10.3 Å². The zero-order valence-corrected chi connectivity index (χ0v) is 19.8. The highest BCUT2D eigenvalue weighted by Gasteiger charge is 2.22. The van der Waals surface area contributed by atoms with E-state index in [1.54, 1.807) is 7.11 Å². The van der Waals surface area contributed by atoms with Gasteiger partial charge < -0.3 is 19.7 Å². The van der Waals surface area contributed by atoms with Crippen molar-refractivity contribution in [1.29, 1.82) is 0 Å². The summed E-state index contributed by atoms with van der Waals surface area (Å²) in [6.07, 6.45) is 8.25. The quantitative estimate of drug-likeness (QED) is 0.405. The third-order valence-electron chi connectivity index (χ3n) is 6.17. The van der Waals surface area contributed by atoms with E-state index in [0.29, 0.717) is 0 Å². The van der Waals surface area contributed by atoms with Crippen LogP contribution in [0.25, 0.3) is 27.6 Å². The summed E-state index contributed by atoms with van der Waals surface area (Å²) >= 11 is 6.11. The van der Waals surface area contributed by atoms with Crippen molar-refractivity contribution >= 4 is 33.8 Å². The molecule has 0 bridgehead atoms. The summed E-state index contributed by atoms with van der Waals surface area (Å²) in [5, 5.41) is 4.13. The van der Waals surface area contributed by atoms with Gasteiger partial charge >= 0.3 is 0 Å². The molecular weight excluding hydrogens is 434 g/mol. The molecule has 0 amide bonds. The number of nitrogens with zero attached hydrogens (tertiary/aromatic N) is 2. The van der Waals surface area contributed by atoms with E-state index in [4.69, 9.17) is 26.1 Å². The number of benzene rings is 2. The van der Waals surface area contributed by atoms with Crippen LogP contribution >= 0.6 is 11.6 Å². The van der Waals surface area contributed by atoms with Crippen LogP contribution < -0.4 is 15.0 Å². The molecule has 0 aliphatic carbocycles. The SMILES string of the molecule is COc1c(-c2ccc(N3CC(C)OC(C)C3)cc2)cnc2c(C3=CNC(Cl)C=C3)cccc12. The zero-order valence-electron chi connectivity index (χ0n) is 19.1. The number of nitrogens with one attached hydrogen (secondary N) is 1. The molecule has 0 radical (unpaired) electrons. The maximum Gasteiger partial charge on any atom is 0.137 e. The predicted molar refractivity (Wildman–Crippen MR) is 136 cm³/mol. The average molecular weight is 462 g/mol. The van der Waals surface area contributed by atoms with Crippen molar-refractivity contribution in [3.8, 4) is 16.9 Å². The number of morpholine rings is 1. The third-order valence-corrected chi connectivity index (χ3v) is 6.44. The Morgan fingerprint density at radius 2 is 1.82 bits per heavy atom. The van der Waals surface area contributed by atoms with Crippen LogP contribution in [0.4, 0.5) is 5.69 Å². The van der Waals surface area contributed by atoms with Crippen molar-refractivity contribution in [3.63, 3.8) is 0 Å². The summed E-state index contributed by atoms with van der Waals surface area (Å²) in [6, 6.07) is 14.8. The lowest BCUT2D eigenvalue weighted by molar-refractivity contribution is -0.00521. The molecule has 2 aliphatic heterocycles. The molecule has 3 heterocycles. The third kappa shape index (κ3) is 4.31. The van der Waals surface area contributed by atoms with Gasteiger partial charge in [0.1, 0.15) is 11.3 Å². The first kappa shape index (κ1) is 21.8. The Kier molecular flexibility index (Phi) is 6.00. The van der Waals surface area contributed by atoms with Crippen LogP contribution in [0.2, 0.25) is 0 Å². The van der Waals surface area contributed by atoms with Gasteiger partial charge in [-0.1, -0.05) is 41.9 Å². The van der Waals surface area contributed by atoms with E-state index >= 15 is 0 Å². The van der Waals surface area contributed by atoms with Crippen molar-refractivity contribution < 1.29 is 9.47 Å². The molecule has 1 saturated heterocycles. The molecule has 5 nitrogen and oxygen atoms in total. The second-order valence-electron chi connectivity index (χ2n) is 8.64. The number of hydrogen-bond donors (Lipinski definition) is 1. The summed E-state index contributed by atoms with van der Waals surface area (Å²) in [6.45, 7) is 6.05. The standard InChI is InChI=1S/C27H28ClN3O2/c1-17-15-31(16-18(2)33-17)21-10-7-19(8-11-21)24-14-30-26-22(20-9-12-25(28)29-13-20)5-4-6-23(26)27(24)32-3/h4-14,17-18,25,29H,15-16H2,1-3H3. The Bertz CT molecular complexity index is 1210. The van der Waals surface area contributed by atoms with Gasteiger partial charge in [-0.05, 0) is 49.3 Å². The van der Waals surface area contributed by atoms with Gasteiger partial charge in [0.2, 0.25) is 0 Å². The van der Waals surface area contributed by atoms with E-state index in [2.05, 4.69) is 60.5 Å².